The third-order valence-electron chi connectivity index (χ3n) is 3.97. The molecule has 2 N–H and O–H groups in total. The maximum Gasteiger partial charge on any atom is 0.138 e. The minimum atomic E-state index is 0.154. The fourth-order valence-corrected chi connectivity index (χ4v) is 2.57. The second-order valence-electron chi connectivity index (χ2n) is 5.48. The Bertz CT molecular complexity index is 762. The van der Waals surface area contributed by atoms with Gasteiger partial charge in [-0.05, 0) is 48.4 Å². The molecule has 0 unspecified atom stereocenters. The maximum absolute atomic E-state index is 9.00. The number of hydrogen-bond donors (Lipinski definition) is 2. The molecule has 0 saturated carbocycles. The Morgan fingerprint density at radius 2 is 1.91 bits per heavy atom. The Hall–Kier alpha value is -2.33. The van der Waals surface area contributed by atoms with Crippen LogP contribution in [0.5, 0.6) is 0 Å². The highest BCUT2D eigenvalue weighted by Crippen LogP contribution is 2.23. The molecule has 0 saturated heterocycles. The molecule has 2 aromatic carbocycles. The van der Waals surface area contributed by atoms with Gasteiger partial charge in [-0.25, -0.2) is 4.98 Å². The number of aryl methyl sites for hydroxylation is 1. The molecule has 1 aromatic heterocycles. The van der Waals surface area contributed by atoms with Crippen LogP contribution in [-0.2, 0) is 6.42 Å². The molecule has 0 aliphatic carbocycles. The largest absolute Gasteiger partial charge is 0.395 e. The molecule has 22 heavy (non-hydrogen) atoms. The number of hydrogen-bond acceptors (Lipinski definition) is 3. The van der Waals surface area contributed by atoms with Crippen molar-refractivity contribution in [3.05, 3.63) is 48.0 Å². The van der Waals surface area contributed by atoms with E-state index < -0.39 is 0 Å². The lowest BCUT2D eigenvalue weighted by atomic mass is 10.1. The van der Waals surface area contributed by atoms with Crippen LogP contribution in [0.25, 0.3) is 22.4 Å². The van der Waals surface area contributed by atoms with Gasteiger partial charge in [0.25, 0.3) is 0 Å². The Labute approximate surface area is 130 Å². The molecule has 3 aromatic rings. The molecule has 0 bridgehead atoms. The van der Waals surface area contributed by atoms with E-state index in [0.29, 0.717) is 6.54 Å². The van der Waals surface area contributed by atoms with Gasteiger partial charge in [0, 0.05) is 24.8 Å². The number of benzene rings is 2. The average molecular weight is 295 g/mol. The molecule has 0 amide bonds. The summed E-state index contributed by atoms with van der Waals surface area (Å²) < 4.78 is 0. The number of imidazole rings is 1. The van der Waals surface area contributed by atoms with E-state index in [9.17, 15) is 0 Å². The van der Waals surface area contributed by atoms with Crippen LogP contribution in [0.1, 0.15) is 12.5 Å². The molecule has 0 radical (unpaired) electrons. The van der Waals surface area contributed by atoms with Crippen LogP contribution in [-0.4, -0.2) is 35.3 Å². The van der Waals surface area contributed by atoms with Gasteiger partial charge in [0.05, 0.1) is 17.6 Å². The minimum absolute atomic E-state index is 0.154. The van der Waals surface area contributed by atoms with Gasteiger partial charge in [0.2, 0.25) is 0 Å². The maximum atomic E-state index is 9.00. The lowest BCUT2D eigenvalue weighted by Crippen LogP contribution is -2.20. The molecule has 0 aliphatic heterocycles. The summed E-state index contributed by atoms with van der Waals surface area (Å²) in [6.45, 7) is 2.94. The highest BCUT2D eigenvalue weighted by Gasteiger charge is 2.07. The third kappa shape index (κ3) is 2.83. The summed E-state index contributed by atoms with van der Waals surface area (Å²) in [6, 6.07) is 14.6. The topological polar surface area (TPSA) is 52.1 Å². The molecule has 3 rings (SSSR count). The highest BCUT2D eigenvalue weighted by atomic mass is 16.3. The van der Waals surface area contributed by atoms with E-state index in [4.69, 9.17) is 5.11 Å². The fraction of sp³-hybridized carbons (Fsp3) is 0.278. The Morgan fingerprint density at radius 1 is 1.14 bits per heavy atom. The van der Waals surface area contributed by atoms with Gasteiger partial charge < -0.3 is 15.0 Å². The molecular formula is C18H21N3O. The van der Waals surface area contributed by atoms with Gasteiger partial charge in [-0.1, -0.05) is 13.0 Å². The number of aliphatic hydroxyl groups is 1. The lowest BCUT2D eigenvalue weighted by Gasteiger charge is -2.17. The average Bonchev–Trinajstić information content (AvgIpc) is 2.98. The van der Waals surface area contributed by atoms with Crippen LogP contribution in [0.2, 0.25) is 0 Å². The van der Waals surface area contributed by atoms with Gasteiger partial charge in [0.1, 0.15) is 5.82 Å². The Kier molecular flexibility index (Phi) is 4.11. The number of H-pyrrole nitrogens is 1. The molecule has 0 fully saturated rings. The zero-order valence-electron chi connectivity index (χ0n) is 13.0. The number of aliphatic hydroxyl groups excluding tert-OH is 1. The molecular weight excluding hydrogens is 274 g/mol. The first-order valence-electron chi connectivity index (χ1n) is 7.62. The summed E-state index contributed by atoms with van der Waals surface area (Å²) in [6.07, 6.45) is 1.02. The first-order valence-corrected chi connectivity index (χ1v) is 7.62. The number of likely N-dealkylation sites (N-methyl/N-ethyl adjacent to an activating group) is 1. The van der Waals surface area contributed by atoms with Crippen molar-refractivity contribution in [1.29, 1.82) is 0 Å². The van der Waals surface area contributed by atoms with Gasteiger partial charge >= 0.3 is 0 Å². The van der Waals surface area contributed by atoms with E-state index in [0.717, 1.165) is 34.5 Å². The van der Waals surface area contributed by atoms with Crippen molar-refractivity contribution in [3.63, 3.8) is 0 Å². The summed E-state index contributed by atoms with van der Waals surface area (Å²) in [5.41, 5.74) is 5.53. The quantitative estimate of drug-likeness (QED) is 0.760. The fourth-order valence-electron chi connectivity index (χ4n) is 2.57. The minimum Gasteiger partial charge on any atom is -0.395 e. The predicted molar refractivity (Wildman–Crippen MR) is 91.3 cm³/mol. The van der Waals surface area contributed by atoms with Crippen LogP contribution in [0.3, 0.4) is 0 Å². The van der Waals surface area contributed by atoms with Gasteiger partial charge in [-0.3, -0.25) is 0 Å². The van der Waals surface area contributed by atoms with E-state index in [-0.39, 0.29) is 6.61 Å². The SMILES string of the molecule is CCc1ccc2nc(-c3ccc(N(C)CCO)cc3)[nH]c2c1. The van der Waals surface area contributed by atoms with Crippen LogP contribution in [0.15, 0.2) is 42.5 Å². The van der Waals surface area contributed by atoms with Crippen LogP contribution in [0, 0.1) is 0 Å². The number of nitrogens with one attached hydrogen (secondary N) is 1. The van der Waals surface area contributed by atoms with Crippen molar-refractivity contribution < 1.29 is 5.11 Å². The van der Waals surface area contributed by atoms with Crippen molar-refractivity contribution in [3.8, 4) is 11.4 Å². The monoisotopic (exact) mass is 295 g/mol. The highest BCUT2D eigenvalue weighted by molar-refractivity contribution is 5.80. The second kappa shape index (κ2) is 6.20. The molecule has 0 aliphatic rings. The van der Waals surface area contributed by atoms with Crippen molar-refractivity contribution in [1.82, 2.24) is 9.97 Å². The van der Waals surface area contributed by atoms with Crippen LogP contribution < -0.4 is 4.90 Å². The van der Waals surface area contributed by atoms with E-state index in [1.807, 2.05) is 11.9 Å². The molecule has 1 heterocycles. The van der Waals surface area contributed by atoms with Gasteiger partial charge in [-0.15, -0.1) is 0 Å². The number of rotatable bonds is 5. The zero-order valence-corrected chi connectivity index (χ0v) is 13.0. The summed E-state index contributed by atoms with van der Waals surface area (Å²) in [5.74, 6) is 0.889. The number of aromatic nitrogens is 2. The zero-order chi connectivity index (χ0) is 15.5. The number of aromatic amines is 1. The smallest absolute Gasteiger partial charge is 0.138 e. The first kappa shape index (κ1) is 14.6. The first-order chi connectivity index (χ1) is 10.7. The summed E-state index contributed by atoms with van der Waals surface area (Å²) in [5, 5.41) is 9.00. The van der Waals surface area contributed by atoms with E-state index in [1.165, 1.54) is 5.56 Å². The Morgan fingerprint density at radius 3 is 2.59 bits per heavy atom. The lowest BCUT2D eigenvalue weighted by molar-refractivity contribution is 0.304. The van der Waals surface area contributed by atoms with E-state index in [1.54, 1.807) is 0 Å². The number of fused-ring (bicyclic) bond motifs is 1. The standard InChI is InChI=1S/C18H21N3O/c1-3-13-4-9-16-17(12-13)20-18(19-16)14-5-7-15(8-6-14)21(2)10-11-22/h4-9,12,22H,3,10-11H2,1-2H3,(H,19,20). The molecule has 4 nitrogen and oxygen atoms in total. The molecule has 4 heteroatoms. The normalized spacial score (nSPS) is 11.0. The number of nitrogens with zero attached hydrogens (tertiary/aromatic N) is 2. The molecule has 114 valence electrons. The van der Waals surface area contributed by atoms with Crippen LogP contribution in [0.4, 0.5) is 5.69 Å². The van der Waals surface area contributed by atoms with Crippen molar-refractivity contribution >= 4 is 16.7 Å². The third-order valence-corrected chi connectivity index (χ3v) is 3.97. The van der Waals surface area contributed by atoms with E-state index in [2.05, 4.69) is 59.4 Å². The van der Waals surface area contributed by atoms with Crippen molar-refractivity contribution in [2.45, 2.75) is 13.3 Å². The van der Waals surface area contributed by atoms with Gasteiger partial charge in [0.15, 0.2) is 0 Å². The van der Waals surface area contributed by atoms with Crippen molar-refractivity contribution in [2.24, 2.45) is 0 Å². The predicted octanol–water partition coefficient (Wildman–Crippen LogP) is 3.22. The molecule has 0 atom stereocenters. The number of anilines is 1. The summed E-state index contributed by atoms with van der Waals surface area (Å²) in [4.78, 5) is 10.1. The van der Waals surface area contributed by atoms with E-state index >= 15 is 0 Å². The van der Waals surface area contributed by atoms with Gasteiger partial charge in [-0.2, -0.15) is 0 Å². The second-order valence-corrected chi connectivity index (χ2v) is 5.48. The summed E-state index contributed by atoms with van der Waals surface area (Å²) >= 11 is 0. The molecule has 0 spiro atoms. The summed E-state index contributed by atoms with van der Waals surface area (Å²) in [7, 11) is 1.97. The Balaban J connectivity index is 1.90. The van der Waals surface area contributed by atoms with Crippen molar-refractivity contribution in [2.75, 3.05) is 25.1 Å². The van der Waals surface area contributed by atoms with Crippen LogP contribution >= 0.6 is 0 Å².